The van der Waals surface area contributed by atoms with Gasteiger partial charge >= 0.3 is 0 Å². The lowest BCUT2D eigenvalue weighted by molar-refractivity contribution is 0.932. The van der Waals surface area contributed by atoms with Crippen LogP contribution in [0.1, 0.15) is 0 Å². The third-order valence-electron chi connectivity index (χ3n) is 3.39. The zero-order valence-corrected chi connectivity index (χ0v) is 15.2. The van der Waals surface area contributed by atoms with Gasteiger partial charge in [0, 0.05) is 24.3 Å². The normalized spacial score (nSPS) is 10.4. The molecule has 4 heterocycles. The summed E-state index contributed by atoms with van der Waals surface area (Å²) < 4.78 is 1.82. The van der Waals surface area contributed by atoms with Crippen molar-refractivity contribution in [2.75, 3.05) is 12.4 Å². The SMILES string of the molecule is CNc1nc(-n2ccnc2)nc(-c2cccs2)c1-c1cccs1.Cl. The zero-order chi connectivity index (χ0) is 15.6. The first-order valence-corrected chi connectivity index (χ1v) is 8.78. The highest BCUT2D eigenvalue weighted by Gasteiger charge is 2.19. The molecule has 0 radical (unpaired) electrons. The molecule has 4 aromatic rings. The van der Waals surface area contributed by atoms with Crippen molar-refractivity contribution in [2.45, 2.75) is 0 Å². The number of hydrogen-bond donors (Lipinski definition) is 1. The number of nitrogens with one attached hydrogen (secondary N) is 1. The maximum atomic E-state index is 4.81. The average Bonchev–Trinajstić information content (AvgIpc) is 3.36. The third-order valence-corrected chi connectivity index (χ3v) is 5.16. The highest BCUT2D eigenvalue weighted by Crippen LogP contribution is 2.39. The minimum Gasteiger partial charge on any atom is -0.372 e. The summed E-state index contributed by atoms with van der Waals surface area (Å²) in [6.07, 6.45) is 5.27. The van der Waals surface area contributed by atoms with Gasteiger partial charge in [0.2, 0.25) is 5.95 Å². The second-order valence-electron chi connectivity index (χ2n) is 4.77. The second-order valence-corrected chi connectivity index (χ2v) is 6.67. The molecule has 0 fully saturated rings. The quantitative estimate of drug-likeness (QED) is 0.567. The molecule has 0 aliphatic heterocycles. The van der Waals surface area contributed by atoms with Gasteiger partial charge in [0.15, 0.2) is 0 Å². The van der Waals surface area contributed by atoms with Crippen LogP contribution in [0.2, 0.25) is 0 Å². The fourth-order valence-corrected chi connectivity index (χ4v) is 3.86. The van der Waals surface area contributed by atoms with Crippen molar-refractivity contribution in [3.8, 4) is 27.0 Å². The average molecular weight is 376 g/mol. The molecule has 1 N–H and O–H groups in total. The number of aromatic nitrogens is 4. The topological polar surface area (TPSA) is 55.6 Å². The van der Waals surface area contributed by atoms with Crippen LogP contribution in [-0.2, 0) is 0 Å². The Morgan fingerprint density at radius 3 is 2.38 bits per heavy atom. The number of thiophene rings is 2. The molecule has 4 aromatic heterocycles. The maximum Gasteiger partial charge on any atom is 0.237 e. The van der Waals surface area contributed by atoms with Crippen LogP contribution in [0.25, 0.3) is 27.0 Å². The van der Waals surface area contributed by atoms with Gasteiger partial charge in [0.05, 0.1) is 16.1 Å². The number of rotatable bonds is 4. The molecule has 0 aliphatic rings. The number of hydrogen-bond acceptors (Lipinski definition) is 6. The fourth-order valence-electron chi connectivity index (χ4n) is 2.37. The van der Waals surface area contributed by atoms with Crippen LogP contribution in [0.15, 0.2) is 53.7 Å². The Bertz CT molecular complexity index is 903. The van der Waals surface area contributed by atoms with E-state index in [1.54, 1.807) is 35.2 Å². The molecule has 0 bridgehead atoms. The smallest absolute Gasteiger partial charge is 0.237 e. The van der Waals surface area contributed by atoms with E-state index in [1.807, 2.05) is 29.9 Å². The van der Waals surface area contributed by atoms with Gasteiger partial charge in [0.25, 0.3) is 0 Å². The minimum atomic E-state index is 0. The lowest BCUT2D eigenvalue weighted by Crippen LogP contribution is -2.06. The lowest BCUT2D eigenvalue weighted by atomic mass is 10.1. The summed E-state index contributed by atoms with van der Waals surface area (Å²) in [5, 5.41) is 7.34. The molecule has 0 aromatic carbocycles. The van der Waals surface area contributed by atoms with E-state index in [2.05, 4.69) is 38.2 Å². The summed E-state index contributed by atoms with van der Waals surface area (Å²) in [6, 6.07) is 8.26. The van der Waals surface area contributed by atoms with Crippen LogP contribution in [0, 0.1) is 0 Å². The Morgan fingerprint density at radius 2 is 1.79 bits per heavy atom. The molecule has 122 valence electrons. The lowest BCUT2D eigenvalue weighted by Gasteiger charge is -2.13. The summed E-state index contributed by atoms with van der Waals surface area (Å²) in [6.45, 7) is 0. The first-order chi connectivity index (χ1) is 11.4. The van der Waals surface area contributed by atoms with Gasteiger partial charge in [-0.1, -0.05) is 12.1 Å². The molecular weight excluding hydrogens is 362 g/mol. The van der Waals surface area contributed by atoms with Gasteiger partial charge in [-0.25, -0.2) is 9.97 Å². The molecular formula is C16H14ClN5S2. The van der Waals surface area contributed by atoms with Gasteiger partial charge in [-0.05, 0) is 22.9 Å². The molecule has 4 rings (SSSR count). The highest BCUT2D eigenvalue weighted by molar-refractivity contribution is 7.14. The summed E-state index contributed by atoms with van der Waals surface area (Å²) in [7, 11) is 1.88. The molecule has 0 aliphatic carbocycles. The van der Waals surface area contributed by atoms with Crippen LogP contribution in [0.3, 0.4) is 0 Å². The van der Waals surface area contributed by atoms with Gasteiger partial charge in [-0.2, -0.15) is 4.98 Å². The van der Waals surface area contributed by atoms with E-state index >= 15 is 0 Å². The van der Waals surface area contributed by atoms with Gasteiger partial charge in [0.1, 0.15) is 12.1 Å². The van der Waals surface area contributed by atoms with Crippen molar-refractivity contribution in [1.82, 2.24) is 19.5 Å². The number of nitrogens with zero attached hydrogens (tertiary/aromatic N) is 4. The summed E-state index contributed by atoms with van der Waals surface area (Å²) in [5.74, 6) is 1.42. The van der Waals surface area contributed by atoms with E-state index in [-0.39, 0.29) is 12.4 Å². The van der Waals surface area contributed by atoms with Crippen molar-refractivity contribution in [3.63, 3.8) is 0 Å². The van der Waals surface area contributed by atoms with Crippen molar-refractivity contribution in [3.05, 3.63) is 53.7 Å². The zero-order valence-electron chi connectivity index (χ0n) is 12.7. The number of halogens is 1. The standard InChI is InChI=1S/C16H13N5S2.ClH/c1-17-15-13(11-4-2-8-22-11)14(12-5-3-9-23-12)19-16(20-15)21-7-6-18-10-21;/h2-10H,1H3,(H,17,19,20);1H. The summed E-state index contributed by atoms with van der Waals surface area (Å²) >= 11 is 3.36. The second kappa shape index (κ2) is 7.12. The van der Waals surface area contributed by atoms with E-state index in [0.29, 0.717) is 5.95 Å². The predicted octanol–water partition coefficient (Wildman–Crippen LogP) is 4.58. The Labute approximate surface area is 153 Å². The predicted molar refractivity (Wildman–Crippen MR) is 103 cm³/mol. The van der Waals surface area contributed by atoms with Crippen molar-refractivity contribution < 1.29 is 0 Å². The van der Waals surface area contributed by atoms with Crippen molar-refractivity contribution >= 4 is 40.9 Å². The van der Waals surface area contributed by atoms with Crippen LogP contribution in [0.5, 0.6) is 0 Å². The van der Waals surface area contributed by atoms with Crippen molar-refractivity contribution in [2.24, 2.45) is 0 Å². The number of imidazole rings is 1. The van der Waals surface area contributed by atoms with Gasteiger partial charge in [-0.15, -0.1) is 35.1 Å². The Hall–Kier alpha value is -2.22. The molecule has 0 saturated heterocycles. The minimum absolute atomic E-state index is 0. The van der Waals surface area contributed by atoms with Crippen LogP contribution >= 0.6 is 35.1 Å². The third kappa shape index (κ3) is 2.93. The summed E-state index contributed by atoms with van der Waals surface area (Å²) in [4.78, 5) is 15.8. The van der Waals surface area contributed by atoms with E-state index < -0.39 is 0 Å². The molecule has 0 unspecified atom stereocenters. The van der Waals surface area contributed by atoms with Crippen molar-refractivity contribution in [1.29, 1.82) is 0 Å². The monoisotopic (exact) mass is 375 g/mol. The Balaban J connectivity index is 0.00000169. The largest absolute Gasteiger partial charge is 0.372 e. The Morgan fingerprint density at radius 1 is 1.04 bits per heavy atom. The first-order valence-electron chi connectivity index (χ1n) is 7.02. The molecule has 8 heteroatoms. The summed E-state index contributed by atoms with van der Waals surface area (Å²) in [5.41, 5.74) is 1.97. The molecule has 24 heavy (non-hydrogen) atoms. The maximum absolute atomic E-state index is 4.81. The van der Waals surface area contributed by atoms with Gasteiger partial charge < -0.3 is 5.32 Å². The molecule has 0 saturated carbocycles. The molecule has 0 atom stereocenters. The molecule has 0 amide bonds. The Kier molecular flexibility index (Phi) is 4.94. The molecule has 0 spiro atoms. The first kappa shape index (κ1) is 16.6. The van der Waals surface area contributed by atoms with Crippen LogP contribution in [-0.4, -0.2) is 26.6 Å². The van der Waals surface area contributed by atoms with Gasteiger partial charge in [-0.3, -0.25) is 4.57 Å². The number of anilines is 1. The van der Waals surface area contributed by atoms with Crippen LogP contribution in [0.4, 0.5) is 5.82 Å². The van der Waals surface area contributed by atoms with E-state index in [9.17, 15) is 0 Å². The molecule has 5 nitrogen and oxygen atoms in total. The van der Waals surface area contributed by atoms with E-state index in [1.165, 1.54) is 0 Å². The van der Waals surface area contributed by atoms with Crippen LogP contribution < -0.4 is 5.32 Å². The van der Waals surface area contributed by atoms with E-state index in [4.69, 9.17) is 4.98 Å². The highest BCUT2D eigenvalue weighted by atomic mass is 35.5. The van der Waals surface area contributed by atoms with E-state index in [0.717, 1.165) is 26.8 Å². The fraction of sp³-hybridized carbons (Fsp3) is 0.0625.